The van der Waals surface area contributed by atoms with Crippen LogP contribution in [0.2, 0.25) is 0 Å². The van der Waals surface area contributed by atoms with Crippen LogP contribution >= 0.6 is 0 Å². The van der Waals surface area contributed by atoms with Gasteiger partial charge in [-0.3, -0.25) is 9.59 Å². The molecular weight excluding hydrogens is 448 g/mol. The summed E-state index contributed by atoms with van der Waals surface area (Å²) >= 11 is 0. The zero-order chi connectivity index (χ0) is 24.9. The maximum Gasteiger partial charge on any atom is 0.246 e. The molecule has 2 amide bonds. The predicted octanol–water partition coefficient (Wildman–Crippen LogP) is 4.62. The maximum absolute atomic E-state index is 13.5. The highest BCUT2D eigenvalue weighted by Crippen LogP contribution is 2.27. The van der Waals surface area contributed by atoms with E-state index in [9.17, 15) is 9.59 Å². The highest BCUT2D eigenvalue weighted by Gasteiger charge is 2.24. The smallest absolute Gasteiger partial charge is 0.246 e. The fourth-order valence-corrected chi connectivity index (χ4v) is 5.02. The average Bonchev–Trinajstić information content (AvgIpc) is 3.24. The number of fused-ring (bicyclic) bond motifs is 2. The van der Waals surface area contributed by atoms with Crippen molar-refractivity contribution >= 4 is 28.5 Å². The van der Waals surface area contributed by atoms with Gasteiger partial charge in [-0.1, -0.05) is 54.6 Å². The maximum atomic E-state index is 13.5. The van der Waals surface area contributed by atoms with Crippen LogP contribution in [0, 0.1) is 6.92 Å². The van der Waals surface area contributed by atoms with Crippen LogP contribution in [0.3, 0.4) is 0 Å². The Morgan fingerprint density at radius 2 is 1.75 bits per heavy atom. The molecular formula is C30H32N4O2. The lowest BCUT2D eigenvalue weighted by Gasteiger charge is -2.29. The highest BCUT2D eigenvalue weighted by molar-refractivity contribution is 5.95. The van der Waals surface area contributed by atoms with Gasteiger partial charge in [0.15, 0.2) is 0 Å². The summed E-state index contributed by atoms with van der Waals surface area (Å²) in [7, 11) is 0. The number of aromatic nitrogens is 2. The Labute approximate surface area is 212 Å². The number of nitrogens with zero attached hydrogens (tertiary/aromatic N) is 3. The van der Waals surface area contributed by atoms with Crippen LogP contribution in [-0.2, 0) is 35.4 Å². The van der Waals surface area contributed by atoms with Gasteiger partial charge in [0.1, 0.15) is 12.4 Å². The normalized spacial score (nSPS) is 13.0. The summed E-state index contributed by atoms with van der Waals surface area (Å²) < 4.78 is 2.05. The minimum absolute atomic E-state index is 0.0248. The van der Waals surface area contributed by atoms with Gasteiger partial charge in [-0.25, -0.2) is 4.98 Å². The summed E-state index contributed by atoms with van der Waals surface area (Å²) in [6.45, 7) is 3.59. The largest absolute Gasteiger partial charge is 0.356 e. The molecule has 1 N–H and O–H groups in total. The molecule has 0 atom stereocenters. The molecule has 1 aliphatic rings. The monoisotopic (exact) mass is 480 g/mol. The van der Waals surface area contributed by atoms with Crippen LogP contribution in [0.5, 0.6) is 0 Å². The molecule has 0 saturated carbocycles. The van der Waals surface area contributed by atoms with E-state index < -0.39 is 0 Å². The third-order valence-electron chi connectivity index (χ3n) is 6.95. The van der Waals surface area contributed by atoms with E-state index in [1.54, 1.807) is 0 Å². The van der Waals surface area contributed by atoms with Gasteiger partial charge in [0, 0.05) is 25.2 Å². The topological polar surface area (TPSA) is 67.2 Å². The van der Waals surface area contributed by atoms with Crippen LogP contribution < -0.4 is 10.2 Å². The van der Waals surface area contributed by atoms with Gasteiger partial charge in [-0.2, -0.15) is 0 Å². The summed E-state index contributed by atoms with van der Waals surface area (Å²) in [6, 6.07) is 24.1. The number of anilines is 1. The molecule has 36 heavy (non-hydrogen) atoms. The van der Waals surface area contributed by atoms with Crippen molar-refractivity contribution in [1.29, 1.82) is 0 Å². The molecule has 1 aromatic heterocycles. The number of benzene rings is 3. The zero-order valence-electron chi connectivity index (χ0n) is 20.7. The first-order valence-corrected chi connectivity index (χ1v) is 12.7. The number of carbonyl (C=O) groups is 2. The Balaban J connectivity index is 1.25. The molecule has 0 saturated heterocycles. The van der Waals surface area contributed by atoms with Crippen molar-refractivity contribution < 1.29 is 9.59 Å². The second kappa shape index (κ2) is 10.8. The number of para-hydroxylation sites is 3. The van der Waals surface area contributed by atoms with Gasteiger partial charge < -0.3 is 14.8 Å². The van der Waals surface area contributed by atoms with Gasteiger partial charge in [0.05, 0.1) is 17.5 Å². The fraction of sp³-hybridized carbons (Fsp3) is 0.300. The molecule has 0 spiro atoms. The van der Waals surface area contributed by atoms with Gasteiger partial charge >= 0.3 is 0 Å². The van der Waals surface area contributed by atoms with E-state index in [2.05, 4.69) is 11.4 Å². The lowest BCUT2D eigenvalue weighted by molar-refractivity contribution is -0.120. The summed E-state index contributed by atoms with van der Waals surface area (Å²) in [4.78, 5) is 32.6. The third kappa shape index (κ3) is 5.18. The molecule has 1 aliphatic heterocycles. The van der Waals surface area contributed by atoms with E-state index in [0.29, 0.717) is 19.4 Å². The van der Waals surface area contributed by atoms with Crippen molar-refractivity contribution in [2.45, 2.75) is 45.6 Å². The van der Waals surface area contributed by atoms with Crippen LogP contribution in [-0.4, -0.2) is 34.5 Å². The van der Waals surface area contributed by atoms with Crippen molar-refractivity contribution in [2.75, 3.05) is 18.0 Å². The quantitative estimate of drug-likeness (QED) is 0.375. The lowest BCUT2D eigenvalue weighted by atomic mass is 10.0. The van der Waals surface area contributed by atoms with Crippen LogP contribution in [0.25, 0.3) is 11.0 Å². The van der Waals surface area contributed by atoms with Crippen molar-refractivity contribution in [1.82, 2.24) is 14.9 Å². The van der Waals surface area contributed by atoms with Crippen molar-refractivity contribution in [3.63, 3.8) is 0 Å². The highest BCUT2D eigenvalue weighted by atomic mass is 16.2. The van der Waals surface area contributed by atoms with Gasteiger partial charge in [0.25, 0.3) is 0 Å². The molecule has 0 fully saturated rings. The van der Waals surface area contributed by atoms with Gasteiger partial charge in [-0.15, -0.1) is 0 Å². The van der Waals surface area contributed by atoms with E-state index in [0.717, 1.165) is 59.5 Å². The fourth-order valence-electron chi connectivity index (χ4n) is 5.02. The van der Waals surface area contributed by atoms with Gasteiger partial charge in [0.2, 0.25) is 11.8 Å². The van der Waals surface area contributed by atoms with Crippen LogP contribution in [0.4, 0.5) is 5.69 Å². The Hall–Kier alpha value is -3.93. The number of imidazole rings is 1. The Morgan fingerprint density at radius 1 is 0.972 bits per heavy atom. The molecule has 2 heterocycles. The van der Waals surface area contributed by atoms with E-state index in [1.807, 2.05) is 83.1 Å². The summed E-state index contributed by atoms with van der Waals surface area (Å²) in [5, 5.41) is 3.03. The number of rotatable bonds is 8. The third-order valence-corrected chi connectivity index (χ3v) is 6.95. The second-order valence-electron chi connectivity index (χ2n) is 9.44. The van der Waals surface area contributed by atoms with Crippen molar-refractivity contribution in [3.05, 3.63) is 95.3 Å². The number of nitrogens with one attached hydrogen (secondary N) is 1. The summed E-state index contributed by atoms with van der Waals surface area (Å²) in [5.41, 5.74) is 6.29. The van der Waals surface area contributed by atoms with E-state index in [-0.39, 0.29) is 18.4 Å². The summed E-state index contributed by atoms with van der Waals surface area (Å²) in [6.07, 6.45) is 3.81. The number of amides is 2. The first kappa shape index (κ1) is 23.8. The van der Waals surface area contributed by atoms with E-state index >= 15 is 0 Å². The first-order chi connectivity index (χ1) is 17.6. The Bertz CT molecular complexity index is 1390. The van der Waals surface area contributed by atoms with Gasteiger partial charge in [-0.05, 0) is 61.1 Å². The van der Waals surface area contributed by atoms with Crippen molar-refractivity contribution in [3.8, 4) is 0 Å². The minimum atomic E-state index is 0.0248. The molecule has 0 bridgehead atoms. The van der Waals surface area contributed by atoms with E-state index in [1.165, 1.54) is 5.56 Å². The molecule has 184 valence electrons. The predicted molar refractivity (Wildman–Crippen MR) is 143 cm³/mol. The number of hydrogen-bond acceptors (Lipinski definition) is 3. The average molecular weight is 481 g/mol. The molecule has 5 rings (SSSR count). The first-order valence-electron chi connectivity index (χ1n) is 12.7. The standard InChI is InChI=1S/C30H32N4O2/c1-22-10-2-3-12-24(22)20-29(35)31-18-8-17-28-32-25-14-5-7-16-27(25)34(28)21-30(36)33-19-9-13-23-11-4-6-15-26(23)33/h2-7,10-12,14-16H,8-9,13,17-21H2,1H3,(H,31,35). The molecule has 0 radical (unpaired) electrons. The zero-order valence-corrected chi connectivity index (χ0v) is 20.7. The Kier molecular flexibility index (Phi) is 7.12. The van der Waals surface area contributed by atoms with E-state index in [4.69, 9.17) is 4.98 Å². The van der Waals surface area contributed by atoms with Crippen LogP contribution in [0.1, 0.15) is 35.4 Å². The molecule has 6 heteroatoms. The SMILES string of the molecule is Cc1ccccc1CC(=O)NCCCc1nc2ccccc2n1CC(=O)N1CCCc2ccccc21. The molecule has 0 aliphatic carbocycles. The molecule has 3 aromatic carbocycles. The number of carbonyl (C=O) groups excluding carboxylic acids is 2. The van der Waals surface area contributed by atoms with Crippen molar-refractivity contribution in [2.24, 2.45) is 0 Å². The molecule has 6 nitrogen and oxygen atoms in total. The summed E-state index contributed by atoms with van der Waals surface area (Å²) in [5.74, 6) is 0.984. The number of hydrogen-bond donors (Lipinski definition) is 1. The second-order valence-corrected chi connectivity index (χ2v) is 9.44. The van der Waals surface area contributed by atoms with Crippen LogP contribution in [0.15, 0.2) is 72.8 Å². The Morgan fingerprint density at radius 3 is 2.64 bits per heavy atom. The molecule has 4 aromatic rings. The molecule has 0 unspecified atom stereocenters. The number of aryl methyl sites for hydroxylation is 3. The minimum Gasteiger partial charge on any atom is -0.356 e. The lowest BCUT2D eigenvalue weighted by Crippen LogP contribution is -2.38.